The summed E-state index contributed by atoms with van der Waals surface area (Å²) in [5, 5.41) is 6.03. The monoisotopic (exact) mass is 250 g/mol. The van der Waals surface area contributed by atoms with Gasteiger partial charge in [0.2, 0.25) is 5.91 Å². The summed E-state index contributed by atoms with van der Waals surface area (Å²) in [6.07, 6.45) is 0. The van der Waals surface area contributed by atoms with E-state index in [1.807, 2.05) is 52.0 Å². The molecule has 0 spiro atoms. The Morgan fingerprint density at radius 1 is 1.28 bits per heavy atom. The Labute approximate surface area is 109 Å². The van der Waals surface area contributed by atoms with E-state index in [-0.39, 0.29) is 5.91 Å². The first-order valence-corrected chi connectivity index (χ1v) is 6.29. The molecule has 0 unspecified atom stereocenters. The zero-order valence-electron chi connectivity index (χ0n) is 11.5. The van der Waals surface area contributed by atoms with Gasteiger partial charge in [-0.3, -0.25) is 4.79 Å². The molecule has 0 saturated heterocycles. The van der Waals surface area contributed by atoms with Gasteiger partial charge >= 0.3 is 0 Å². The van der Waals surface area contributed by atoms with Gasteiger partial charge in [-0.1, -0.05) is 19.1 Å². The molecule has 0 radical (unpaired) electrons. The molecule has 2 N–H and O–H groups in total. The number of ether oxygens (including phenoxy) is 1. The van der Waals surface area contributed by atoms with Crippen LogP contribution in [0.4, 0.5) is 5.69 Å². The first-order chi connectivity index (χ1) is 8.51. The lowest BCUT2D eigenvalue weighted by Crippen LogP contribution is -2.49. The van der Waals surface area contributed by atoms with Gasteiger partial charge in [-0.15, -0.1) is 0 Å². The number of amides is 1. The molecule has 1 rings (SSSR count). The Bertz CT molecular complexity index is 403. The van der Waals surface area contributed by atoms with Crippen LogP contribution in [0, 0.1) is 0 Å². The predicted octanol–water partition coefficient (Wildman–Crippen LogP) is 2.41. The Kier molecular flexibility index (Phi) is 5.16. The summed E-state index contributed by atoms with van der Waals surface area (Å²) >= 11 is 0. The van der Waals surface area contributed by atoms with Gasteiger partial charge in [-0.05, 0) is 39.4 Å². The number of benzene rings is 1. The van der Waals surface area contributed by atoms with Crippen molar-refractivity contribution >= 4 is 11.6 Å². The van der Waals surface area contributed by atoms with Crippen LogP contribution in [0.5, 0.6) is 5.75 Å². The number of rotatable bonds is 6. The Hall–Kier alpha value is -1.55. The van der Waals surface area contributed by atoms with E-state index in [2.05, 4.69) is 10.6 Å². The molecule has 4 nitrogen and oxygen atoms in total. The Morgan fingerprint density at radius 2 is 1.94 bits per heavy atom. The van der Waals surface area contributed by atoms with Crippen molar-refractivity contribution in [2.45, 2.75) is 33.2 Å². The standard InChI is InChI=1S/C14H22N2O2/c1-5-15-14(3,4)13(17)16-11-9-7-8-10-12(11)18-6-2/h7-10,15H,5-6H2,1-4H3,(H,16,17). The first-order valence-electron chi connectivity index (χ1n) is 6.29. The van der Waals surface area contributed by atoms with Crippen LogP contribution in [0.25, 0.3) is 0 Å². The molecule has 18 heavy (non-hydrogen) atoms. The van der Waals surface area contributed by atoms with E-state index < -0.39 is 5.54 Å². The number of hydrogen-bond donors (Lipinski definition) is 2. The van der Waals surface area contributed by atoms with Gasteiger partial charge in [0.05, 0.1) is 17.8 Å². The summed E-state index contributed by atoms with van der Waals surface area (Å²) in [5.41, 5.74) is 0.101. The van der Waals surface area contributed by atoms with Crippen molar-refractivity contribution in [1.29, 1.82) is 0 Å². The summed E-state index contributed by atoms with van der Waals surface area (Å²) in [6.45, 7) is 8.92. The van der Waals surface area contributed by atoms with Crippen LogP contribution in [0.3, 0.4) is 0 Å². The maximum absolute atomic E-state index is 12.2. The molecule has 0 fully saturated rings. The van der Waals surface area contributed by atoms with Gasteiger partial charge < -0.3 is 15.4 Å². The molecular formula is C14H22N2O2. The number of anilines is 1. The lowest BCUT2D eigenvalue weighted by Gasteiger charge is -2.25. The zero-order chi connectivity index (χ0) is 13.6. The lowest BCUT2D eigenvalue weighted by molar-refractivity contribution is -0.121. The lowest BCUT2D eigenvalue weighted by atomic mass is 10.0. The minimum absolute atomic E-state index is 0.0727. The van der Waals surface area contributed by atoms with Gasteiger partial charge in [0.15, 0.2) is 0 Å². The topological polar surface area (TPSA) is 50.4 Å². The second-order valence-corrected chi connectivity index (χ2v) is 4.54. The second kappa shape index (κ2) is 6.40. The van der Waals surface area contributed by atoms with Crippen molar-refractivity contribution in [2.75, 3.05) is 18.5 Å². The number of carbonyl (C=O) groups is 1. The summed E-state index contributed by atoms with van der Waals surface area (Å²) in [4.78, 5) is 12.2. The van der Waals surface area contributed by atoms with E-state index in [0.29, 0.717) is 18.0 Å². The third-order valence-corrected chi connectivity index (χ3v) is 2.62. The van der Waals surface area contributed by atoms with E-state index in [1.165, 1.54) is 0 Å². The van der Waals surface area contributed by atoms with Crippen LogP contribution in [0.15, 0.2) is 24.3 Å². The van der Waals surface area contributed by atoms with E-state index in [9.17, 15) is 4.79 Å². The highest BCUT2D eigenvalue weighted by atomic mass is 16.5. The second-order valence-electron chi connectivity index (χ2n) is 4.54. The van der Waals surface area contributed by atoms with Crippen LogP contribution >= 0.6 is 0 Å². The molecule has 0 aliphatic carbocycles. The molecule has 0 bridgehead atoms. The maximum Gasteiger partial charge on any atom is 0.244 e. The number of para-hydroxylation sites is 2. The van der Waals surface area contributed by atoms with Crippen LogP contribution in [0.2, 0.25) is 0 Å². The molecule has 1 amide bonds. The molecule has 0 heterocycles. The van der Waals surface area contributed by atoms with Gasteiger partial charge in [0, 0.05) is 0 Å². The summed E-state index contributed by atoms with van der Waals surface area (Å²) < 4.78 is 5.48. The van der Waals surface area contributed by atoms with Crippen molar-refractivity contribution in [2.24, 2.45) is 0 Å². The molecule has 0 aromatic heterocycles. The highest BCUT2D eigenvalue weighted by molar-refractivity contribution is 5.98. The Balaban J connectivity index is 2.81. The first kappa shape index (κ1) is 14.5. The SMILES string of the molecule is CCNC(C)(C)C(=O)Nc1ccccc1OCC. The number of nitrogens with one attached hydrogen (secondary N) is 2. The quantitative estimate of drug-likeness (QED) is 0.815. The van der Waals surface area contributed by atoms with Crippen LogP contribution in [-0.4, -0.2) is 24.6 Å². The van der Waals surface area contributed by atoms with Crippen molar-refractivity contribution in [1.82, 2.24) is 5.32 Å². The highest BCUT2D eigenvalue weighted by Crippen LogP contribution is 2.24. The summed E-state index contributed by atoms with van der Waals surface area (Å²) in [5.74, 6) is 0.622. The minimum atomic E-state index is -0.603. The van der Waals surface area contributed by atoms with Crippen molar-refractivity contribution in [3.05, 3.63) is 24.3 Å². The average Bonchev–Trinajstić information content (AvgIpc) is 2.32. The molecule has 0 aliphatic heterocycles. The van der Waals surface area contributed by atoms with E-state index in [1.54, 1.807) is 0 Å². The molecule has 0 aliphatic rings. The summed E-state index contributed by atoms with van der Waals surface area (Å²) in [7, 11) is 0. The van der Waals surface area contributed by atoms with E-state index in [4.69, 9.17) is 4.74 Å². The van der Waals surface area contributed by atoms with E-state index >= 15 is 0 Å². The normalized spacial score (nSPS) is 11.1. The molecule has 100 valence electrons. The fourth-order valence-corrected chi connectivity index (χ4v) is 1.65. The van der Waals surface area contributed by atoms with Crippen molar-refractivity contribution < 1.29 is 9.53 Å². The molecule has 1 aromatic carbocycles. The van der Waals surface area contributed by atoms with Gasteiger partial charge in [0.25, 0.3) is 0 Å². The summed E-state index contributed by atoms with van der Waals surface area (Å²) in [6, 6.07) is 7.44. The third-order valence-electron chi connectivity index (χ3n) is 2.62. The Morgan fingerprint density at radius 3 is 2.56 bits per heavy atom. The van der Waals surface area contributed by atoms with Gasteiger partial charge in [-0.25, -0.2) is 0 Å². The predicted molar refractivity (Wildman–Crippen MR) is 74.0 cm³/mol. The van der Waals surface area contributed by atoms with E-state index in [0.717, 1.165) is 6.54 Å². The zero-order valence-corrected chi connectivity index (χ0v) is 11.5. The minimum Gasteiger partial charge on any atom is -0.492 e. The molecule has 4 heteroatoms. The fourth-order valence-electron chi connectivity index (χ4n) is 1.65. The van der Waals surface area contributed by atoms with Gasteiger partial charge in [-0.2, -0.15) is 0 Å². The van der Waals surface area contributed by atoms with Crippen molar-refractivity contribution in [3.63, 3.8) is 0 Å². The maximum atomic E-state index is 12.2. The molecule has 1 aromatic rings. The number of hydrogen-bond acceptors (Lipinski definition) is 3. The molecular weight excluding hydrogens is 228 g/mol. The number of likely N-dealkylation sites (N-methyl/N-ethyl adjacent to an activating group) is 1. The average molecular weight is 250 g/mol. The smallest absolute Gasteiger partial charge is 0.244 e. The molecule has 0 atom stereocenters. The van der Waals surface area contributed by atoms with Crippen LogP contribution < -0.4 is 15.4 Å². The third kappa shape index (κ3) is 3.74. The fraction of sp³-hybridized carbons (Fsp3) is 0.500. The van der Waals surface area contributed by atoms with Crippen molar-refractivity contribution in [3.8, 4) is 5.75 Å². The number of carbonyl (C=O) groups excluding carboxylic acids is 1. The van der Waals surface area contributed by atoms with Crippen LogP contribution in [-0.2, 0) is 4.79 Å². The molecule has 0 saturated carbocycles. The highest BCUT2D eigenvalue weighted by Gasteiger charge is 2.26. The largest absolute Gasteiger partial charge is 0.492 e. The van der Waals surface area contributed by atoms with Crippen LogP contribution in [0.1, 0.15) is 27.7 Å². The van der Waals surface area contributed by atoms with Gasteiger partial charge in [0.1, 0.15) is 5.75 Å².